The molecule has 1 heterocycles. The molecule has 0 bridgehead atoms. The minimum atomic E-state index is -1.06. The molecule has 0 aliphatic rings. The van der Waals surface area contributed by atoms with E-state index in [-0.39, 0.29) is 11.8 Å². The number of aromatic nitrogens is 4. The number of carbonyl (C=O) groups is 2. The van der Waals surface area contributed by atoms with Crippen LogP contribution < -0.4 is 0 Å². The highest BCUT2D eigenvalue weighted by molar-refractivity contribution is 5.80. The summed E-state index contributed by atoms with van der Waals surface area (Å²) in [6, 6.07) is 15.8. The van der Waals surface area contributed by atoms with Crippen LogP contribution in [-0.2, 0) is 20.9 Å². The number of hydrogen-bond donors (Lipinski definition) is 2. The Balaban J connectivity index is 1.85. The van der Waals surface area contributed by atoms with E-state index < -0.39 is 18.8 Å². The van der Waals surface area contributed by atoms with Gasteiger partial charge in [0.05, 0.1) is 0 Å². The highest BCUT2D eigenvalue weighted by Crippen LogP contribution is 2.30. The lowest BCUT2D eigenvalue weighted by atomic mass is 9.98. The van der Waals surface area contributed by atoms with Crippen LogP contribution in [0.3, 0.4) is 0 Å². The van der Waals surface area contributed by atoms with Gasteiger partial charge in [-0.15, -0.1) is 5.10 Å². The van der Waals surface area contributed by atoms with Crippen LogP contribution in [-0.4, -0.2) is 55.3 Å². The zero-order valence-electron chi connectivity index (χ0n) is 19.8. The number of nitrogens with zero attached hydrogens (tertiary/aromatic N) is 4. The lowest BCUT2D eigenvalue weighted by Gasteiger charge is -2.34. The fraction of sp³-hybridized carbons (Fsp3) is 0.400. The van der Waals surface area contributed by atoms with E-state index in [0.29, 0.717) is 18.8 Å². The van der Waals surface area contributed by atoms with E-state index in [1.54, 1.807) is 4.90 Å². The maximum absolute atomic E-state index is 13.0. The topological polar surface area (TPSA) is 121 Å². The molecule has 2 N–H and O–H groups in total. The van der Waals surface area contributed by atoms with E-state index in [9.17, 15) is 9.59 Å². The first kappa shape index (κ1) is 25.0. The molecule has 0 spiro atoms. The van der Waals surface area contributed by atoms with Crippen molar-refractivity contribution in [1.29, 1.82) is 0 Å². The number of unbranched alkanes of at least 4 members (excludes halogenated alkanes) is 1. The van der Waals surface area contributed by atoms with Crippen molar-refractivity contribution >= 4 is 11.9 Å². The number of H-pyrrole nitrogens is 1. The SMILES string of the molecule is CCCCC(=O)N(Cc1ccc(-c2ccccc2-c2nnn[nH]2)cc1)[C@@H](OCC(=O)O)C(C)C. The zero-order chi connectivity index (χ0) is 24.5. The predicted octanol–water partition coefficient (Wildman–Crippen LogP) is 4.14. The second-order valence-corrected chi connectivity index (χ2v) is 8.46. The molecule has 9 nitrogen and oxygen atoms in total. The fourth-order valence-corrected chi connectivity index (χ4v) is 3.79. The molecular formula is C25H31N5O4. The number of ether oxygens (including phenoxy) is 1. The maximum Gasteiger partial charge on any atom is 0.329 e. The molecule has 0 saturated heterocycles. The van der Waals surface area contributed by atoms with E-state index in [1.165, 1.54) is 0 Å². The van der Waals surface area contributed by atoms with E-state index in [4.69, 9.17) is 9.84 Å². The van der Waals surface area contributed by atoms with Gasteiger partial charge < -0.3 is 14.7 Å². The lowest BCUT2D eigenvalue weighted by Crippen LogP contribution is -2.45. The number of amides is 1. The van der Waals surface area contributed by atoms with Gasteiger partial charge in [-0.1, -0.05) is 75.7 Å². The highest BCUT2D eigenvalue weighted by Gasteiger charge is 2.27. The minimum absolute atomic E-state index is 0.0434. The molecule has 9 heteroatoms. The molecule has 3 rings (SSSR count). The van der Waals surface area contributed by atoms with Crippen LogP contribution in [0, 0.1) is 5.92 Å². The van der Waals surface area contributed by atoms with Crippen LogP contribution in [0.25, 0.3) is 22.5 Å². The molecule has 1 atom stereocenters. The third-order valence-electron chi connectivity index (χ3n) is 5.46. The first-order valence-electron chi connectivity index (χ1n) is 11.5. The van der Waals surface area contributed by atoms with Crippen molar-refractivity contribution in [3.05, 3.63) is 54.1 Å². The number of carboxylic acid groups (broad SMARTS) is 1. The molecule has 2 aromatic carbocycles. The van der Waals surface area contributed by atoms with Gasteiger partial charge >= 0.3 is 5.97 Å². The largest absolute Gasteiger partial charge is 0.480 e. The molecular weight excluding hydrogens is 434 g/mol. The number of hydrogen-bond acceptors (Lipinski definition) is 6. The average molecular weight is 466 g/mol. The molecule has 1 aromatic heterocycles. The normalized spacial score (nSPS) is 12.0. The van der Waals surface area contributed by atoms with Crippen LogP contribution in [0.5, 0.6) is 0 Å². The third kappa shape index (κ3) is 6.48. The summed E-state index contributed by atoms with van der Waals surface area (Å²) in [5, 5.41) is 23.2. The van der Waals surface area contributed by atoms with Crippen LogP contribution in [0.2, 0.25) is 0 Å². The van der Waals surface area contributed by atoms with Gasteiger partial charge in [0.15, 0.2) is 5.82 Å². The van der Waals surface area contributed by atoms with Gasteiger partial charge in [0.25, 0.3) is 0 Å². The highest BCUT2D eigenvalue weighted by atomic mass is 16.5. The van der Waals surface area contributed by atoms with Gasteiger partial charge in [0, 0.05) is 18.5 Å². The third-order valence-corrected chi connectivity index (χ3v) is 5.46. The number of aliphatic carboxylic acids is 1. The monoisotopic (exact) mass is 465 g/mol. The van der Waals surface area contributed by atoms with E-state index >= 15 is 0 Å². The van der Waals surface area contributed by atoms with Gasteiger partial charge in [0.2, 0.25) is 5.91 Å². The standard InChI is InChI=1S/C25H31N5O4/c1-4-5-10-22(31)30(25(17(2)3)34-16-23(32)33)15-18-11-13-19(14-12-18)20-8-6-7-9-21(20)24-26-28-29-27-24/h6-9,11-14,17,25H,4-5,10,15-16H2,1-3H3,(H,32,33)(H,26,27,28,29)/t25-/m0/s1. The molecule has 180 valence electrons. The summed E-state index contributed by atoms with van der Waals surface area (Å²) in [6.45, 7) is 5.76. The molecule has 1 amide bonds. The summed E-state index contributed by atoms with van der Waals surface area (Å²) < 4.78 is 5.63. The Morgan fingerprint density at radius 3 is 2.38 bits per heavy atom. The van der Waals surface area contributed by atoms with Crippen LogP contribution >= 0.6 is 0 Å². The van der Waals surface area contributed by atoms with Gasteiger partial charge in [0.1, 0.15) is 12.8 Å². The second-order valence-electron chi connectivity index (χ2n) is 8.46. The van der Waals surface area contributed by atoms with E-state index in [1.807, 2.05) is 69.3 Å². The molecule has 0 saturated carbocycles. The van der Waals surface area contributed by atoms with Gasteiger partial charge in [-0.25, -0.2) is 9.89 Å². The summed E-state index contributed by atoms with van der Waals surface area (Å²) in [6.07, 6.45) is 1.44. The Hall–Kier alpha value is -3.59. The summed E-state index contributed by atoms with van der Waals surface area (Å²) in [4.78, 5) is 25.8. The van der Waals surface area contributed by atoms with Crippen LogP contribution in [0.4, 0.5) is 0 Å². The molecule has 0 radical (unpaired) electrons. The van der Waals surface area contributed by atoms with E-state index in [2.05, 4.69) is 20.6 Å². The molecule has 3 aromatic rings. The Morgan fingerprint density at radius 1 is 1.09 bits per heavy atom. The molecule has 0 unspecified atom stereocenters. The number of benzene rings is 2. The summed E-state index contributed by atoms with van der Waals surface area (Å²) in [5.74, 6) is -0.580. The van der Waals surface area contributed by atoms with Gasteiger partial charge in [-0.3, -0.25) is 4.79 Å². The molecule has 34 heavy (non-hydrogen) atoms. The molecule has 0 aliphatic carbocycles. The number of carboxylic acids is 1. The Morgan fingerprint density at radius 2 is 1.79 bits per heavy atom. The second kappa shape index (κ2) is 12.0. The first-order valence-corrected chi connectivity index (χ1v) is 11.5. The Bertz CT molecular complexity index is 1070. The van der Waals surface area contributed by atoms with Gasteiger partial charge in [-0.05, 0) is 39.5 Å². The summed E-state index contributed by atoms with van der Waals surface area (Å²) in [7, 11) is 0. The number of aromatic amines is 1. The number of nitrogens with one attached hydrogen (secondary N) is 1. The number of rotatable bonds is 12. The van der Waals surface area contributed by atoms with Crippen molar-refractivity contribution in [3.63, 3.8) is 0 Å². The summed E-state index contributed by atoms with van der Waals surface area (Å²) >= 11 is 0. The Labute approximate surface area is 199 Å². The first-order chi connectivity index (χ1) is 16.4. The van der Waals surface area contributed by atoms with Crippen LogP contribution in [0.1, 0.15) is 45.6 Å². The lowest BCUT2D eigenvalue weighted by molar-refractivity contribution is -0.164. The van der Waals surface area contributed by atoms with Crippen molar-refractivity contribution in [2.75, 3.05) is 6.61 Å². The van der Waals surface area contributed by atoms with Crippen molar-refractivity contribution in [3.8, 4) is 22.5 Å². The maximum atomic E-state index is 13.0. The smallest absolute Gasteiger partial charge is 0.329 e. The average Bonchev–Trinajstić information content (AvgIpc) is 3.37. The van der Waals surface area contributed by atoms with Crippen molar-refractivity contribution in [2.45, 2.75) is 52.8 Å². The van der Waals surface area contributed by atoms with Crippen molar-refractivity contribution in [1.82, 2.24) is 25.5 Å². The quantitative estimate of drug-likeness (QED) is 0.386. The fourth-order valence-electron chi connectivity index (χ4n) is 3.79. The van der Waals surface area contributed by atoms with E-state index in [0.717, 1.165) is 35.1 Å². The number of carbonyl (C=O) groups excluding carboxylic acids is 1. The predicted molar refractivity (Wildman–Crippen MR) is 127 cm³/mol. The minimum Gasteiger partial charge on any atom is -0.480 e. The van der Waals surface area contributed by atoms with Crippen molar-refractivity contribution < 1.29 is 19.4 Å². The zero-order valence-corrected chi connectivity index (χ0v) is 19.8. The van der Waals surface area contributed by atoms with Crippen molar-refractivity contribution in [2.24, 2.45) is 5.92 Å². The van der Waals surface area contributed by atoms with Gasteiger partial charge in [-0.2, -0.15) is 0 Å². The Kier molecular flexibility index (Phi) is 8.86. The number of tetrazole rings is 1. The van der Waals surface area contributed by atoms with Crippen LogP contribution in [0.15, 0.2) is 48.5 Å². The molecule has 0 fully saturated rings. The summed E-state index contributed by atoms with van der Waals surface area (Å²) in [5.41, 5.74) is 3.78. The molecule has 0 aliphatic heterocycles.